The predicted molar refractivity (Wildman–Crippen MR) is 78.6 cm³/mol. The molecule has 0 bridgehead atoms. The monoisotopic (exact) mass is 329 g/mol. The van der Waals surface area contributed by atoms with Crippen LogP contribution >= 0.6 is 11.3 Å². The molecular formula is C10H11N5O4S2. The van der Waals surface area contributed by atoms with Crippen molar-refractivity contribution in [3.63, 3.8) is 0 Å². The van der Waals surface area contributed by atoms with Crippen LogP contribution in [0.15, 0.2) is 28.6 Å². The Kier molecular flexibility index (Phi) is 4.06. The lowest BCUT2D eigenvalue weighted by atomic mass is 10.3. The van der Waals surface area contributed by atoms with Gasteiger partial charge in [-0.15, -0.1) is 0 Å². The van der Waals surface area contributed by atoms with Crippen LogP contribution in [0.5, 0.6) is 0 Å². The summed E-state index contributed by atoms with van der Waals surface area (Å²) >= 11 is 0.671. The fraction of sp³-hybridized carbons (Fsp3) is 0.100. The van der Waals surface area contributed by atoms with Gasteiger partial charge >= 0.3 is 5.69 Å². The summed E-state index contributed by atoms with van der Waals surface area (Å²) in [4.78, 5) is 14.1. The average molecular weight is 329 g/mol. The molecule has 0 atom stereocenters. The second-order valence-electron chi connectivity index (χ2n) is 3.92. The number of pyridine rings is 1. The highest BCUT2D eigenvalue weighted by atomic mass is 32.2. The fourth-order valence-electron chi connectivity index (χ4n) is 1.52. The lowest BCUT2D eigenvalue weighted by Gasteiger charge is -2.07. The van der Waals surface area contributed by atoms with Crippen molar-refractivity contribution in [3.05, 3.63) is 40.2 Å². The smallest absolute Gasteiger partial charge is 0.306 e. The summed E-state index contributed by atoms with van der Waals surface area (Å²) in [6.07, 6.45) is 1.53. The molecule has 0 unspecified atom stereocenters. The van der Waals surface area contributed by atoms with Crippen LogP contribution in [-0.2, 0) is 10.0 Å². The van der Waals surface area contributed by atoms with E-state index in [2.05, 4.69) is 15.1 Å². The molecule has 0 saturated carbocycles. The van der Waals surface area contributed by atoms with Gasteiger partial charge in [-0.1, -0.05) is 11.3 Å². The second kappa shape index (κ2) is 5.63. The van der Waals surface area contributed by atoms with Gasteiger partial charge < -0.3 is 5.43 Å². The summed E-state index contributed by atoms with van der Waals surface area (Å²) in [5, 5.41) is 10.8. The third-order valence-electron chi connectivity index (χ3n) is 2.53. The molecule has 0 fully saturated rings. The Balaban J connectivity index is 2.41. The number of nitrogens with one attached hydrogen (secondary N) is 2. The van der Waals surface area contributed by atoms with Crippen LogP contribution in [0.25, 0.3) is 0 Å². The molecule has 0 spiro atoms. The number of rotatable bonds is 5. The number of hydrazine groups is 1. The number of hydrogen-bond acceptors (Lipinski definition) is 8. The number of nitrogens with zero attached hydrogens (tertiary/aromatic N) is 2. The molecule has 2 rings (SSSR count). The molecule has 2 aromatic rings. The molecular weight excluding hydrogens is 318 g/mol. The zero-order chi connectivity index (χ0) is 15.6. The molecule has 0 saturated heterocycles. The minimum Gasteiger partial charge on any atom is -0.310 e. The Bertz CT molecular complexity index is 786. The molecule has 2 heterocycles. The molecule has 0 aliphatic rings. The highest BCUT2D eigenvalue weighted by molar-refractivity contribution is 7.94. The Hall–Kier alpha value is -2.24. The van der Waals surface area contributed by atoms with Crippen LogP contribution in [0.1, 0.15) is 5.69 Å². The maximum Gasteiger partial charge on any atom is 0.306 e. The van der Waals surface area contributed by atoms with E-state index in [4.69, 9.17) is 5.84 Å². The van der Waals surface area contributed by atoms with E-state index in [0.717, 1.165) is 6.07 Å². The van der Waals surface area contributed by atoms with Crippen LogP contribution in [0.3, 0.4) is 0 Å². The summed E-state index contributed by atoms with van der Waals surface area (Å²) in [5.74, 6) is 5.15. The van der Waals surface area contributed by atoms with Crippen molar-refractivity contribution in [1.82, 2.24) is 4.98 Å². The number of thiophene rings is 1. The van der Waals surface area contributed by atoms with E-state index in [9.17, 15) is 18.5 Å². The molecule has 0 amide bonds. The lowest BCUT2D eigenvalue weighted by molar-refractivity contribution is -0.383. The van der Waals surface area contributed by atoms with Crippen molar-refractivity contribution in [2.24, 2.45) is 5.84 Å². The van der Waals surface area contributed by atoms with E-state index in [1.807, 2.05) is 0 Å². The van der Waals surface area contributed by atoms with E-state index in [1.54, 1.807) is 19.1 Å². The number of hydrogen-bond donors (Lipinski definition) is 3. The molecule has 21 heavy (non-hydrogen) atoms. The largest absolute Gasteiger partial charge is 0.310 e. The normalized spacial score (nSPS) is 11.1. The minimum atomic E-state index is -3.95. The first-order valence-electron chi connectivity index (χ1n) is 5.54. The first-order chi connectivity index (χ1) is 9.85. The van der Waals surface area contributed by atoms with Crippen molar-refractivity contribution < 1.29 is 13.3 Å². The minimum absolute atomic E-state index is 0.0386. The van der Waals surface area contributed by atoms with E-state index in [1.165, 1.54) is 6.20 Å². The number of nitrogens with two attached hydrogens (primary N) is 1. The molecule has 0 aromatic carbocycles. The van der Waals surface area contributed by atoms with Crippen molar-refractivity contribution in [3.8, 4) is 0 Å². The summed E-state index contributed by atoms with van der Waals surface area (Å²) in [5.41, 5.74) is 2.51. The molecule has 0 aliphatic carbocycles. The number of nitrogen functional groups attached to an aromatic ring is 1. The summed E-state index contributed by atoms with van der Waals surface area (Å²) in [7, 11) is -3.95. The van der Waals surface area contributed by atoms with Crippen LogP contribution in [0.2, 0.25) is 0 Å². The van der Waals surface area contributed by atoms with Crippen LogP contribution in [0.4, 0.5) is 16.4 Å². The molecule has 11 heteroatoms. The topological polar surface area (TPSA) is 140 Å². The maximum absolute atomic E-state index is 12.2. The standard InChI is InChI=1S/C10H11N5O4S2/c1-6-7(3-2-4-12-6)14-21(18,19)9-5-8(15(16)17)10(13-11)20-9/h2-5,13-14H,11H2,1H3. The molecule has 112 valence electrons. The van der Waals surface area contributed by atoms with Crippen LogP contribution in [0, 0.1) is 17.0 Å². The number of aryl methyl sites for hydroxylation is 1. The number of anilines is 2. The lowest BCUT2D eigenvalue weighted by Crippen LogP contribution is -2.12. The summed E-state index contributed by atoms with van der Waals surface area (Å²) in [6.45, 7) is 1.64. The molecule has 9 nitrogen and oxygen atoms in total. The number of sulfonamides is 1. The second-order valence-corrected chi connectivity index (χ2v) is 6.88. The van der Waals surface area contributed by atoms with E-state index >= 15 is 0 Å². The van der Waals surface area contributed by atoms with Gasteiger partial charge in [0.25, 0.3) is 10.0 Å². The maximum atomic E-state index is 12.2. The predicted octanol–water partition coefficient (Wildman–Crippen LogP) is 1.45. The summed E-state index contributed by atoms with van der Waals surface area (Å²) in [6, 6.07) is 4.08. The van der Waals surface area contributed by atoms with Crippen molar-refractivity contribution >= 4 is 37.7 Å². The van der Waals surface area contributed by atoms with Crippen molar-refractivity contribution in [2.45, 2.75) is 11.1 Å². The van der Waals surface area contributed by atoms with Gasteiger partial charge in [0.1, 0.15) is 4.21 Å². The van der Waals surface area contributed by atoms with E-state index in [-0.39, 0.29) is 9.21 Å². The van der Waals surface area contributed by atoms with Gasteiger partial charge in [-0.2, -0.15) is 0 Å². The SMILES string of the molecule is Cc1ncccc1NS(=O)(=O)c1cc([N+](=O)[O-])c(NN)s1. The Morgan fingerprint density at radius 2 is 2.19 bits per heavy atom. The summed E-state index contributed by atoms with van der Waals surface area (Å²) < 4.78 is 26.6. The van der Waals surface area contributed by atoms with Gasteiger partial charge in [0, 0.05) is 12.3 Å². The zero-order valence-corrected chi connectivity index (χ0v) is 12.4. The molecule has 4 N–H and O–H groups in total. The van der Waals surface area contributed by atoms with E-state index < -0.39 is 20.6 Å². The average Bonchev–Trinajstić information content (AvgIpc) is 2.86. The Morgan fingerprint density at radius 1 is 1.48 bits per heavy atom. The highest BCUT2D eigenvalue weighted by Gasteiger charge is 2.26. The van der Waals surface area contributed by atoms with E-state index in [0.29, 0.717) is 22.7 Å². The third-order valence-corrected chi connectivity index (χ3v) is 5.43. The van der Waals surface area contributed by atoms with Crippen LogP contribution < -0.4 is 16.0 Å². The Labute approximate surface area is 124 Å². The van der Waals surface area contributed by atoms with Gasteiger partial charge in [-0.05, 0) is 19.1 Å². The highest BCUT2D eigenvalue weighted by Crippen LogP contribution is 2.37. The van der Waals surface area contributed by atoms with Crippen molar-refractivity contribution in [1.29, 1.82) is 0 Å². The third kappa shape index (κ3) is 3.09. The quantitative estimate of drug-likeness (QED) is 0.428. The number of nitro groups is 1. The zero-order valence-electron chi connectivity index (χ0n) is 10.7. The Morgan fingerprint density at radius 3 is 2.71 bits per heavy atom. The molecule has 0 aliphatic heterocycles. The first-order valence-corrected chi connectivity index (χ1v) is 7.84. The molecule has 2 aromatic heterocycles. The van der Waals surface area contributed by atoms with Gasteiger partial charge in [-0.3, -0.25) is 19.8 Å². The number of aromatic nitrogens is 1. The van der Waals surface area contributed by atoms with Crippen molar-refractivity contribution in [2.75, 3.05) is 10.1 Å². The van der Waals surface area contributed by atoms with Gasteiger partial charge in [-0.25, -0.2) is 14.3 Å². The van der Waals surface area contributed by atoms with Crippen LogP contribution in [-0.4, -0.2) is 18.3 Å². The van der Waals surface area contributed by atoms with Gasteiger partial charge in [0.2, 0.25) is 0 Å². The fourth-order valence-corrected chi connectivity index (χ4v) is 3.87. The first kappa shape index (κ1) is 15.2. The molecule has 0 radical (unpaired) electrons. The van der Waals surface area contributed by atoms with Gasteiger partial charge in [0.15, 0.2) is 5.00 Å². The van der Waals surface area contributed by atoms with Gasteiger partial charge in [0.05, 0.1) is 16.3 Å².